The number of benzene rings is 1. The first-order valence-corrected chi connectivity index (χ1v) is 7.01. The van der Waals surface area contributed by atoms with Crippen molar-refractivity contribution in [2.24, 2.45) is 0 Å². The summed E-state index contributed by atoms with van der Waals surface area (Å²) in [5, 5.41) is 7.42. The zero-order valence-electron chi connectivity index (χ0n) is 11.5. The summed E-state index contributed by atoms with van der Waals surface area (Å²) in [7, 11) is 0. The molecule has 1 aliphatic rings. The predicted molar refractivity (Wildman–Crippen MR) is 72.9 cm³/mol. The van der Waals surface area contributed by atoms with E-state index < -0.39 is 0 Å². The van der Waals surface area contributed by atoms with Crippen molar-refractivity contribution in [3.63, 3.8) is 0 Å². The van der Waals surface area contributed by atoms with Crippen LogP contribution in [-0.2, 0) is 6.42 Å². The van der Waals surface area contributed by atoms with E-state index in [4.69, 9.17) is 4.52 Å². The van der Waals surface area contributed by atoms with E-state index >= 15 is 0 Å². The Morgan fingerprint density at radius 3 is 3.15 bits per heavy atom. The van der Waals surface area contributed by atoms with Crippen molar-refractivity contribution in [3.05, 3.63) is 47.4 Å². The molecule has 2 unspecified atom stereocenters. The first kappa shape index (κ1) is 13.2. The summed E-state index contributed by atoms with van der Waals surface area (Å²) >= 11 is 0. The highest BCUT2D eigenvalue weighted by atomic mass is 19.1. The molecular weight excluding hydrogens is 257 g/mol. The molecule has 1 fully saturated rings. The molecule has 2 atom stereocenters. The van der Waals surface area contributed by atoms with Gasteiger partial charge in [0.2, 0.25) is 5.89 Å². The SMILES string of the molecule is CC1CC(c2nc(Cc3cccc(F)c3)no2)CCN1. The topological polar surface area (TPSA) is 51.0 Å². The van der Waals surface area contributed by atoms with Crippen molar-refractivity contribution < 1.29 is 8.91 Å². The molecular formula is C15H18FN3O. The molecule has 0 spiro atoms. The third kappa shape index (κ3) is 3.04. The fourth-order valence-corrected chi connectivity index (χ4v) is 2.69. The third-order valence-electron chi connectivity index (χ3n) is 3.71. The van der Waals surface area contributed by atoms with Gasteiger partial charge in [0, 0.05) is 18.4 Å². The highest BCUT2D eigenvalue weighted by molar-refractivity contribution is 5.19. The van der Waals surface area contributed by atoms with E-state index in [1.807, 2.05) is 6.07 Å². The lowest BCUT2D eigenvalue weighted by atomic mass is 9.93. The van der Waals surface area contributed by atoms with Gasteiger partial charge in [0.05, 0.1) is 0 Å². The number of halogens is 1. The quantitative estimate of drug-likeness (QED) is 0.935. The summed E-state index contributed by atoms with van der Waals surface area (Å²) in [6.45, 7) is 3.14. The Balaban J connectivity index is 1.70. The number of piperidine rings is 1. The molecule has 1 aromatic heterocycles. The maximum Gasteiger partial charge on any atom is 0.229 e. The van der Waals surface area contributed by atoms with Gasteiger partial charge in [0.1, 0.15) is 5.82 Å². The number of nitrogens with one attached hydrogen (secondary N) is 1. The zero-order valence-corrected chi connectivity index (χ0v) is 11.5. The van der Waals surface area contributed by atoms with E-state index in [-0.39, 0.29) is 5.82 Å². The molecule has 106 valence electrons. The minimum absolute atomic E-state index is 0.238. The average molecular weight is 275 g/mol. The van der Waals surface area contributed by atoms with E-state index in [0.29, 0.717) is 30.1 Å². The summed E-state index contributed by atoms with van der Waals surface area (Å²) in [6.07, 6.45) is 2.54. The number of hydrogen-bond donors (Lipinski definition) is 1. The molecule has 20 heavy (non-hydrogen) atoms. The van der Waals surface area contributed by atoms with Crippen LogP contribution in [0.4, 0.5) is 4.39 Å². The van der Waals surface area contributed by atoms with Crippen molar-refractivity contribution in [3.8, 4) is 0 Å². The van der Waals surface area contributed by atoms with Crippen LogP contribution in [0, 0.1) is 5.82 Å². The van der Waals surface area contributed by atoms with Crippen LogP contribution in [-0.4, -0.2) is 22.7 Å². The van der Waals surface area contributed by atoms with Gasteiger partial charge in [-0.2, -0.15) is 4.98 Å². The molecule has 5 heteroatoms. The van der Waals surface area contributed by atoms with Gasteiger partial charge in [0.25, 0.3) is 0 Å². The smallest absolute Gasteiger partial charge is 0.229 e. The Hall–Kier alpha value is -1.75. The fourth-order valence-electron chi connectivity index (χ4n) is 2.69. The Morgan fingerprint density at radius 2 is 2.35 bits per heavy atom. The van der Waals surface area contributed by atoms with Gasteiger partial charge >= 0.3 is 0 Å². The molecule has 0 amide bonds. The standard InChI is InChI=1S/C15H18FN3O/c1-10-7-12(5-6-17-10)15-18-14(19-20-15)9-11-3-2-4-13(16)8-11/h2-4,8,10,12,17H,5-7,9H2,1H3. The van der Waals surface area contributed by atoms with Gasteiger partial charge in [-0.15, -0.1) is 0 Å². The van der Waals surface area contributed by atoms with E-state index in [1.165, 1.54) is 12.1 Å². The van der Waals surface area contributed by atoms with E-state index in [1.54, 1.807) is 6.07 Å². The minimum Gasteiger partial charge on any atom is -0.339 e. The van der Waals surface area contributed by atoms with Gasteiger partial charge in [-0.1, -0.05) is 17.3 Å². The molecule has 3 rings (SSSR count). The van der Waals surface area contributed by atoms with Crippen LogP contribution in [0.2, 0.25) is 0 Å². The molecule has 2 heterocycles. The molecule has 0 saturated carbocycles. The van der Waals surface area contributed by atoms with Crippen molar-refractivity contribution in [1.29, 1.82) is 0 Å². The minimum atomic E-state index is -0.238. The first-order valence-electron chi connectivity index (χ1n) is 7.01. The lowest BCUT2D eigenvalue weighted by Crippen LogP contribution is -2.34. The maximum atomic E-state index is 13.1. The normalized spacial score (nSPS) is 22.9. The maximum absolute atomic E-state index is 13.1. The Kier molecular flexibility index (Phi) is 3.78. The monoisotopic (exact) mass is 275 g/mol. The van der Waals surface area contributed by atoms with Gasteiger partial charge in [-0.25, -0.2) is 4.39 Å². The molecule has 4 nitrogen and oxygen atoms in total. The number of hydrogen-bond acceptors (Lipinski definition) is 4. The fraction of sp³-hybridized carbons (Fsp3) is 0.467. The van der Waals surface area contributed by atoms with Crippen molar-refractivity contribution >= 4 is 0 Å². The van der Waals surface area contributed by atoms with Crippen LogP contribution in [0.5, 0.6) is 0 Å². The summed E-state index contributed by atoms with van der Waals surface area (Å²) in [5.74, 6) is 1.43. The molecule has 0 radical (unpaired) electrons. The van der Waals surface area contributed by atoms with Gasteiger partial charge in [0.15, 0.2) is 5.82 Å². The second-order valence-electron chi connectivity index (χ2n) is 5.43. The first-order chi connectivity index (χ1) is 9.70. The van der Waals surface area contributed by atoms with Crippen LogP contribution >= 0.6 is 0 Å². The van der Waals surface area contributed by atoms with Gasteiger partial charge in [-0.3, -0.25) is 0 Å². The zero-order chi connectivity index (χ0) is 13.9. The van der Waals surface area contributed by atoms with Crippen LogP contribution in [0.1, 0.15) is 43.0 Å². The van der Waals surface area contributed by atoms with Crippen molar-refractivity contribution in [1.82, 2.24) is 15.5 Å². The van der Waals surface area contributed by atoms with Gasteiger partial charge < -0.3 is 9.84 Å². The number of aromatic nitrogens is 2. The molecule has 1 saturated heterocycles. The summed E-state index contributed by atoms with van der Waals surface area (Å²) in [5.41, 5.74) is 0.857. The van der Waals surface area contributed by atoms with Crippen LogP contribution in [0.15, 0.2) is 28.8 Å². The van der Waals surface area contributed by atoms with Crippen molar-refractivity contribution in [2.75, 3.05) is 6.54 Å². The second kappa shape index (κ2) is 5.71. The average Bonchev–Trinajstić information content (AvgIpc) is 2.87. The lowest BCUT2D eigenvalue weighted by Gasteiger charge is -2.25. The Morgan fingerprint density at radius 1 is 1.45 bits per heavy atom. The molecule has 1 N–H and O–H groups in total. The molecule has 1 aliphatic heterocycles. The molecule has 2 aromatic rings. The third-order valence-corrected chi connectivity index (χ3v) is 3.71. The summed E-state index contributed by atoms with van der Waals surface area (Å²) in [4.78, 5) is 4.47. The summed E-state index contributed by atoms with van der Waals surface area (Å²) < 4.78 is 18.5. The highest BCUT2D eigenvalue weighted by Gasteiger charge is 2.24. The van der Waals surface area contributed by atoms with Crippen LogP contribution in [0.3, 0.4) is 0 Å². The lowest BCUT2D eigenvalue weighted by molar-refractivity contribution is 0.294. The van der Waals surface area contributed by atoms with E-state index in [9.17, 15) is 4.39 Å². The largest absolute Gasteiger partial charge is 0.339 e. The molecule has 0 bridgehead atoms. The number of nitrogens with zero attached hydrogens (tertiary/aromatic N) is 2. The van der Waals surface area contributed by atoms with E-state index in [2.05, 4.69) is 22.4 Å². The van der Waals surface area contributed by atoms with E-state index in [0.717, 1.165) is 24.9 Å². The second-order valence-corrected chi connectivity index (χ2v) is 5.43. The molecule has 1 aromatic carbocycles. The predicted octanol–water partition coefficient (Wildman–Crippen LogP) is 2.66. The highest BCUT2D eigenvalue weighted by Crippen LogP contribution is 2.26. The number of rotatable bonds is 3. The van der Waals surface area contributed by atoms with Crippen molar-refractivity contribution in [2.45, 2.75) is 38.1 Å². The van der Waals surface area contributed by atoms with Crippen LogP contribution in [0.25, 0.3) is 0 Å². The molecule has 0 aliphatic carbocycles. The Labute approximate surface area is 117 Å². The Bertz CT molecular complexity index is 584. The van der Waals surface area contributed by atoms with Crippen LogP contribution < -0.4 is 5.32 Å². The van der Waals surface area contributed by atoms with Gasteiger partial charge in [-0.05, 0) is 44.0 Å². The summed E-state index contributed by atoms with van der Waals surface area (Å²) in [6, 6.07) is 6.98.